The first-order chi connectivity index (χ1) is 8.49. The summed E-state index contributed by atoms with van der Waals surface area (Å²) in [4.78, 5) is 14.0. The van der Waals surface area contributed by atoms with Gasteiger partial charge in [0.15, 0.2) is 0 Å². The highest BCUT2D eigenvalue weighted by Gasteiger charge is 2.28. The standard InChI is InChI=1S/C13H18N2O3/c1-8-6-9(14)4-5-15(8)13(18)11-3-2-10(16)7-12(11)17/h2-3,7-9,16-17H,4-6,14H2,1H3. The minimum atomic E-state index is -0.216. The molecule has 1 saturated heterocycles. The molecule has 2 rings (SSSR count). The molecule has 1 aromatic rings. The molecule has 4 N–H and O–H groups in total. The molecular formula is C13H18N2O3. The first kappa shape index (κ1) is 12.7. The van der Waals surface area contributed by atoms with E-state index in [1.54, 1.807) is 4.90 Å². The first-order valence-electron chi connectivity index (χ1n) is 6.07. The Balaban J connectivity index is 2.20. The van der Waals surface area contributed by atoms with Crippen LogP contribution in [-0.4, -0.2) is 39.6 Å². The van der Waals surface area contributed by atoms with Crippen LogP contribution in [0.15, 0.2) is 18.2 Å². The fraction of sp³-hybridized carbons (Fsp3) is 0.462. The van der Waals surface area contributed by atoms with Crippen LogP contribution in [0.1, 0.15) is 30.1 Å². The van der Waals surface area contributed by atoms with Crippen molar-refractivity contribution >= 4 is 5.91 Å². The molecule has 18 heavy (non-hydrogen) atoms. The van der Waals surface area contributed by atoms with E-state index in [2.05, 4.69) is 0 Å². The second-order valence-corrected chi connectivity index (χ2v) is 4.83. The summed E-state index contributed by atoms with van der Waals surface area (Å²) >= 11 is 0. The maximum atomic E-state index is 12.3. The topological polar surface area (TPSA) is 86.8 Å². The van der Waals surface area contributed by atoms with Crippen LogP contribution in [0.4, 0.5) is 0 Å². The van der Waals surface area contributed by atoms with Gasteiger partial charge in [-0.1, -0.05) is 0 Å². The van der Waals surface area contributed by atoms with Crippen LogP contribution in [0.3, 0.4) is 0 Å². The van der Waals surface area contributed by atoms with E-state index in [0.29, 0.717) is 6.54 Å². The number of piperidine rings is 1. The molecule has 2 unspecified atom stereocenters. The number of hydrogen-bond donors (Lipinski definition) is 3. The van der Waals surface area contributed by atoms with Crippen molar-refractivity contribution in [1.82, 2.24) is 4.90 Å². The number of nitrogens with two attached hydrogens (primary N) is 1. The average molecular weight is 250 g/mol. The first-order valence-corrected chi connectivity index (χ1v) is 6.07. The lowest BCUT2D eigenvalue weighted by atomic mass is 9.98. The van der Waals surface area contributed by atoms with E-state index in [1.165, 1.54) is 18.2 Å². The molecule has 0 aromatic heterocycles. The zero-order valence-corrected chi connectivity index (χ0v) is 10.3. The molecule has 1 aliphatic heterocycles. The number of benzene rings is 1. The van der Waals surface area contributed by atoms with Crippen molar-refractivity contribution in [2.24, 2.45) is 5.73 Å². The predicted molar refractivity (Wildman–Crippen MR) is 67.5 cm³/mol. The quantitative estimate of drug-likeness (QED) is 0.695. The van der Waals surface area contributed by atoms with E-state index >= 15 is 0 Å². The molecule has 1 aliphatic rings. The number of aromatic hydroxyl groups is 2. The van der Waals surface area contributed by atoms with Gasteiger partial charge in [-0.15, -0.1) is 0 Å². The summed E-state index contributed by atoms with van der Waals surface area (Å²) in [5, 5.41) is 18.9. The Labute approximate surface area is 106 Å². The number of phenolic OH excluding ortho intramolecular Hbond substituents is 2. The monoisotopic (exact) mass is 250 g/mol. The normalized spacial score (nSPS) is 24.0. The van der Waals surface area contributed by atoms with Crippen molar-refractivity contribution in [3.8, 4) is 11.5 Å². The summed E-state index contributed by atoms with van der Waals surface area (Å²) in [6.45, 7) is 2.55. The van der Waals surface area contributed by atoms with Crippen LogP contribution in [0.25, 0.3) is 0 Å². The van der Waals surface area contributed by atoms with Gasteiger partial charge in [-0.05, 0) is 31.9 Å². The molecule has 5 nitrogen and oxygen atoms in total. The third kappa shape index (κ3) is 2.41. The van der Waals surface area contributed by atoms with E-state index in [9.17, 15) is 15.0 Å². The Morgan fingerprint density at radius 3 is 2.78 bits per heavy atom. The fourth-order valence-corrected chi connectivity index (χ4v) is 2.37. The largest absolute Gasteiger partial charge is 0.508 e. The van der Waals surface area contributed by atoms with Gasteiger partial charge in [0.25, 0.3) is 5.91 Å². The summed E-state index contributed by atoms with van der Waals surface area (Å²) in [7, 11) is 0. The lowest BCUT2D eigenvalue weighted by Crippen LogP contribution is -2.48. The zero-order chi connectivity index (χ0) is 13.3. The molecule has 0 bridgehead atoms. The number of phenols is 2. The van der Waals surface area contributed by atoms with Crippen LogP contribution in [0.5, 0.6) is 11.5 Å². The summed E-state index contributed by atoms with van der Waals surface area (Å²) in [6.07, 6.45) is 1.54. The van der Waals surface area contributed by atoms with Crippen molar-refractivity contribution < 1.29 is 15.0 Å². The highest BCUT2D eigenvalue weighted by Crippen LogP contribution is 2.26. The molecule has 1 fully saturated rings. The third-order valence-electron chi connectivity index (χ3n) is 3.39. The Hall–Kier alpha value is -1.75. The molecule has 5 heteroatoms. The Morgan fingerprint density at radius 1 is 1.44 bits per heavy atom. The van der Waals surface area contributed by atoms with E-state index in [-0.39, 0.29) is 35.1 Å². The Kier molecular flexibility index (Phi) is 3.43. The van der Waals surface area contributed by atoms with Crippen LogP contribution < -0.4 is 5.73 Å². The maximum Gasteiger partial charge on any atom is 0.257 e. The third-order valence-corrected chi connectivity index (χ3v) is 3.39. The minimum Gasteiger partial charge on any atom is -0.508 e. The van der Waals surface area contributed by atoms with Crippen molar-refractivity contribution in [1.29, 1.82) is 0 Å². The molecule has 0 saturated carbocycles. The predicted octanol–water partition coefficient (Wildman–Crippen LogP) is 1.05. The van der Waals surface area contributed by atoms with Crippen molar-refractivity contribution in [3.63, 3.8) is 0 Å². The lowest BCUT2D eigenvalue weighted by Gasteiger charge is -2.36. The van der Waals surface area contributed by atoms with Gasteiger partial charge < -0.3 is 20.8 Å². The molecule has 98 valence electrons. The minimum absolute atomic E-state index is 0.0576. The van der Waals surface area contributed by atoms with E-state index < -0.39 is 0 Å². The summed E-state index contributed by atoms with van der Waals surface area (Å²) in [5.74, 6) is -0.466. The maximum absolute atomic E-state index is 12.3. The van der Waals surface area contributed by atoms with Crippen molar-refractivity contribution in [2.45, 2.75) is 31.8 Å². The van der Waals surface area contributed by atoms with Gasteiger partial charge >= 0.3 is 0 Å². The molecular weight excluding hydrogens is 232 g/mol. The Morgan fingerprint density at radius 2 is 2.17 bits per heavy atom. The molecule has 1 amide bonds. The van der Waals surface area contributed by atoms with Crippen molar-refractivity contribution in [3.05, 3.63) is 23.8 Å². The summed E-state index contributed by atoms with van der Waals surface area (Å²) < 4.78 is 0. The average Bonchev–Trinajstić information content (AvgIpc) is 2.28. The van der Waals surface area contributed by atoms with E-state index in [4.69, 9.17) is 5.73 Å². The molecule has 1 heterocycles. The smallest absolute Gasteiger partial charge is 0.257 e. The van der Waals surface area contributed by atoms with E-state index in [1.807, 2.05) is 6.92 Å². The number of amides is 1. The summed E-state index contributed by atoms with van der Waals surface area (Å²) in [6, 6.07) is 4.21. The molecule has 0 spiro atoms. The zero-order valence-electron chi connectivity index (χ0n) is 10.3. The highest BCUT2D eigenvalue weighted by molar-refractivity contribution is 5.97. The van der Waals surface area contributed by atoms with Crippen LogP contribution in [0.2, 0.25) is 0 Å². The number of hydrogen-bond acceptors (Lipinski definition) is 4. The molecule has 1 aromatic carbocycles. The van der Waals surface area contributed by atoms with Crippen molar-refractivity contribution in [2.75, 3.05) is 6.54 Å². The lowest BCUT2D eigenvalue weighted by molar-refractivity contribution is 0.0616. The number of carbonyl (C=O) groups is 1. The number of rotatable bonds is 1. The molecule has 0 aliphatic carbocycles. The van der Waals surface area contributed by atoms with Gasteiger partial charge in [0.05, 0.1) is 5.56 Å². The Bertz CT molecular complexity index is 462. The SMILES string of the molecule is CC1CC(N)CCN1C(=O)c1ccc(O)cc1O. The molecule has 2 atom stereocenters. The van der Waals surface area contributed by atoms with Crippen LogP contribution >= 0.6 is 0 Å². The van der Waals surface area contributed by atoms with Crippen LogP contribution in [0, 0.1) is 0 Å². The number of carbonyl (C=O) groups excluding carboxylic acids is 1. The van der Waals surface area contributed by atoms with Gasteiger partial charge in [0.1, 0.15) is 11.5 Å². The van der Waals surface area contributed by atoms with Gasteiger partial charge in [-0.3, -0.25) is 4.79 Å². The van der Waals surface area contributed by atoms with Crippen LogP contribution in [-0.2, 0) is 0 Å². The van der Waals surface area contributed by atoms with Gasteiger partial charge in [0.2, 0.25) is 0 Å². The van der Waals surface area contributed by atoms with Gasteiger partial charge in [-0.2, -0.15) is 0 Å². The number of likely N-dealkylation sites (tertiary alicyclic amines) is 1. The molecule has 0 radical (unpaired) electrons. The second kappa shape index (κ2) is 4.86. The highest BCUT2D eigenvalue weighted by atomic mass is 16.3. The summed E-state index contributed by atoms with van der Waals surface area (Å²) in [5.41, 5.74) is 6.07. The number of nitrogens with zero attached hydrogens (tertiary/aromatic N) is 1. The van der Waals surface area contributed by atoms with Gasteiger partial charge in [0, 0.05) is 24.7 Å². The van der Waals surface area contributed by atoms with E-state index in [0.717, 1.165) is 12.8 Å². The second-order valence-electron chi connectivity index (χ2n) is 4.83. The van der Waals surface area contributed by atoms with Gasteiger partial charge in [-0.25, -0.2) is 0 Å². The fourth-order valence-electron chi connectivity index (χ4n) is 2.37.